The van der Waals surface area contributed by atoms with Gasteiger partial charge in [0.15, 0.2) is 0 Å². The highest BCUT2D eigenvalue weighted by molar-refractivity contribution is 6.32. The molecule has 0 aliphatic heterocycles. The van der Waals surface area contributed by atoms with E-state index in [0.717, 1.165) is 25.0 Å². The number of carbonyl (C=O) groups is 1. The van der Waals surface area contributed by atoms with Gasteiger partial charge in [0, 0.05) is 17.8 Å². The normalized spacial score (nSPS) is 18.1. The van der Waals surface area contributed by atoms with Crippen molar-refractivity contribution in [2.45, 2.75) is 25.9 Å². The van der Waals surface area contributed by atoms with Crippen LogP contribution in [0.15, 0.2) is 42.6 Å². The van der Waals surface area contributed by atoms with Crippen LogP contribution in [-0.4, -0.2) is 17.4 Å². The molecule has 2 atom stereocenters. The third-order valence-electron chi connectivity index (χ3n) is 4.60. The Hall–Kier alpha value is -1.53. The van der Waals surface area contributed by atoms with Crippen molar-refractivity contribution in [3.05, 3.63) is 53.3 Å². The zero-order valence-electron chi connectivity index (χ0n) is 14.8. The van der Waals surface area contributed by atoms with E-state index in [1.54, 1.807) is 24.4 Å². The molecule has 1 fully saturated rings. The van der Waals surface area contributed by atoms with Gasteiger partial charge in [-0.3, -0.25) is 9.78 Å². The second-order valence-corrected chi connectivity index (χ2v) is 6.68. The summed E-state index contributed by atoms with van der Waals surface area (Å²) in [5, 5.41) is 3.40. The molecule has 0 spiro atoms. The van der Waals surface area contributed by atoms with Crippen LogP contribution in [0, 0.1) is 11.8 Å². The topological polar surface area (TPSA) is 77.2 Å². The molecule has 5 nitrogen and oxygen atoms in total. The van der Waals surface area contributed by atoms with Crippen LogP contribution >= 0.6 is 36.4 Å². The lowest BCUT2D eigenvalue weighted by molar-refractivity contribution is -0.120. The molecule has 1 saturated carbocycles. The van der Waals surface area contributed by atoms with Gasteiger partial charge < -0.3 is 15.8 Å². The predicted octanol–water partition coefficient (Wildman–Crippen LogP) is 4.47. The molecule has 1 heterocycles. The van der Waals surface area contributed by atoms with Gasteiger partial charge in [-0.05, 0) is 55.6 Å². The molecular formula is C19H24Cl3N3O2. The van der Waals surface area contributed by atoms with Gasteiger partial charge in [-0.15, -0.1) is 24.8 Å². The summed E-state index contributed by atoms with van der Waals surface area (Å²) in [4.78, 5) is 16.6. The number of nitrogens with one attached hydrogen (secondary N) is 1. The summed E-state index contributed by atoms with van der Waals surface area (Å²) in [5.74, 6) is 0.845. The number of carbonyl (C=O) groups excluding carboxylic acids is 1. The van der Waals surface area contributed by atoms with E-state index in [1.807, 2.05) is 18.2 Å². The minimum Gasteiger partial charge on any atom is -0.486 e. The number of pyridine rings is 1. The lowest BCUT2D eigenvalue weighted by Crippen LogP contribution is -2.29. The van der Waals surface area contributed by atoms with E-state index in [4.69, 9.17) is 22.1 Å². The summed E-state index contributed by atoms with van der Waals surface area (Å²) >= 11 is 6.28. The fraction of sp³-hybridized carbons (Fsp3) is 0.368. The number of rotatable bonds is 6. The molecule has 0 saturated heterocycles. The first kappa shape index (κ1) is 23.5. The summed E-state index contributed by atoms with van der Waals surface area (Å²) in [5.41, 5.74) is 7.25. The molecule has 1 aliphatic rings. The van der Waals surface area contributed by atoms with Gasteiger partial charge in [0.25, 0.3) is 0 Å². The molecule has 2 aromatic rings. The first-order valence-corrected chi connectivity index (χ1v) is 8.88. The Kier molecular flexibility index (Phi) is 9.88. The van der Waals surface area contributed by atoms with Gasteiger partial charge in [-0.2, -0.15) is 0 Å². The molecule has 3 N–H and O–H groups in total. The number of nitrogens with two attached hydrogens (primary N) is 1. The van der Waals surface area contributed by atoms with E-state index in [1.165, 1.54) is 0 Å². The van der Waals surface area contributed by atoms with Crippen LogP contribution in [-0.2, 0) is 11.4 Å². The van der Waals surface area contributed by atoms with Gasteiger partial charge in [0.2, 0.25) is 5.91 Å². The lowest BCUT2D eigenvalue weighted by Gasteiger charge is -2.17. The van der Waals surface area contributed by atoms with Crippen LogP contribution in [0.5, 0.6) is 5.75 Å². The Labute approximate surface area is 176 Å². The van der Waals surface area contributed by atoms with Crippen LogP contribution in [0.3, 0.4) is 0 Å². The second kappa shape index (κ2) is 11.3. The van der Waals surface area contributed by atoms with Gasteiger partial charge in [0.1, 0.15) is 12.4 Å². The zero-order chi connectivity index (χ0) is 17.6. The third kappa shape index (κ3) is 6.25. The van der Waals surface area contributed by atoms with Crippen molar-refractivity contribution in [2.24, 2.45) is 17.6 Å². The number of nitrogens with zero attached hydrogens (tertiary/aromatic N) is 1. The van der Waals surface area contributed by atoms with Crippen molar-refractivity contribution in [3.63, 3.8) is 0 Å². The molecular weight excluding hydrogens is 409 g/mol. The number of hydrogen-bond acceptors (Lipinski definition) is 4. The van der Waals surface area contributed by atoms with Crippen molar-refractivity contribution in [2.75, 3.05) is 11.9 Å². The summed E-state index contributed by atoms with van der Waals surface area (Å²) < 4.78 is 5.69. The fourth-order valence-electron chi connectivity index (χ4n) is 3.23. The first-order chi connectivity index (χ1) is 12.2. The van der Waals surface area contributed by atoms with Crippen LogP contribution < -0.4 is 15.8 Å². The molecule has 1 aromatic heterocycles. The number of halogens is 3. The van der Waals surface area contributed by atoms with E-state index in [2.05, 4.69) is 10.3 Å². The van der Waals surface area contributed by atoms with Crippen LogP contribution in [0.25, 0.3) is 0 Å². The van der Waals surface area contributed by atoms with Crippen LogP contribution in [0.1, 0.15) is 25.0 Å². The van der Waals surface area contributed by atoms with Gasteiger partial charge in [-0.25, -0.2) is 0 Å². The van der Waals surface area contributed by atoms with Crippen LogP contribution in [0.2, 0.25) is 5.02 Å². The van der Waals surface area contributed by atoms with Gasteiger partial charge >= 0.3 is 0 Å². The van der Waals surface area contributed by atoms with Crippen molar-refractivity contribution >= 4 is 48.0 Å². The molecule has 1 aromatic carbocycles. The molecule has 0 radical (unpaired) electrons. The average molecular weight is 433 g/mol. The van der Waals surface area contributed by atoms with Gasteiger partial charge in [0.05, 0.1) is 10.7 Å². The van der Waals surface area contributed by atoms with Crippen molar-refractivity contribution < 1.29 is 9.53 Å². The minimum atomic E-state index is -0.0103. The average Bonchev–Trinajstić information content (AvgIpc) is 3.11. The summed E-state index contributed by atoms with van der Waals surface area (Å²) in [6.45, 7) is 0.895. The molecule has 1 aliphatic carbocycles. The molecule has 27 heavy (non-hydrogen) atoms. The molecule has 1 amide bonds. The SMILES string of the molecule is Cl.Cl.NC[C@H]1CCC[C@H]1C(=O)Nc1ccc(OCc2ccccn2)c(Cl)c1. The Balaban J connectivity index is 0.00000182. The van der Waals surface area contributed by atoms with E-state index < -0.39 is 0 Å². The van der Waals surface area contributed by atoms with Crippen molar-refractivity contribution in [3.8, 4) is 5.75 Å². The van der Waals surface area contributed by atoms with E-state index >= 15 is 0 Å². The van der Waals surface area contributed by atoms with E-state index in [-0.39, 0.29) is 42.6 Å². The quantitative estimate of drug-likeness (QED) is 0.706. The second-order valence-electron chi connectivity index (χ2n) is 6.28. The van der Waals surface area contributed by atoms with Crippen LogP contribution in [0.4, 0.5) is 5.69 Å². The number of benzene rings is 1. The maximum Gasteiger partial charge on any atom is 0.227 e. The largest absolute Gasteiger partial charge is 0.486 e. The maximum absolute atomic E-state index is 12.4. The summed E-state index contributed by atoms with van der Waals surface area (Å²) in [7, 11) is 0. The summed E-state index contributed by atoms with van der Waals surface area (Å²) in [6, 6.07) is 10.9. The molecule has 8 heteroatoms. The zero-order valence-corrected chi connectivity index (χ0v) is 17.2. The highest BCUT2D eigenvalue weighted by Gasteiger charge is 2.31. The number of hydrogen-bond donors (Lipinski definition) is 2. The Morgan fingerprint density at radius 3 is 2.74 bits per heavy atom. The highest BCUT2D eigenvalue weighted by Crippen LogP contribution is 2.33. The van der Waals surface area contributed by atoms with Crippen molar-refractivity contribution in [1.29, 1.82) is 0 Å². The standard InChI is InChI=1S/C19H22ClN3O2.2ClH/c20-17-10-14(23-19(24)16-6-3-4-13(16)11-21)7-8-18(17)25-12-15-5-1-2-9-22-15;;/h1-2,5,7-10,13,16H,3-4,6,11-12,21H2,(H,23,24);2*1H/t13-,16-;;/m1../s1. The molecule has 148 valence electrons. The van der Waals surface area contributed by atoms with E-state index in [0.29, 0.717) is 29.6 Å². The Bertz CT molecular complexity index is 731. The van der Waals surface area contributed by atoms with Crippen molar-refractivity contribution in [1.82, 2.24) is 4.98 Å². The number of aromatic nitrogens is 1. The van der Waals surface area contributed by atoms with E-state index in [9.17, 15) is 4.79 Å². The molecule has 3 rings (SSSR count). The Morgan fingerprint density at radius 2 is 2.07 bits per heavy atom. The smallest absolute Gasteiger partial charge is 0.227 e. The summed E-state index contributed by atoms with van der Waals surface area (Å²) in [6.07, 6.45) is 4.69. The number of amides is 1. The third-order valence-corrected chi connectivity index (χ3v) is 4.90. The molecule has 0 unspecified atom stereocenters. The lowest BCUT2D eigenvalue weighted by atomic mass is 9.95. The van der Waals surface area contributed by atoms with Gasteiger partial charge in [-0.1, -0.05) is 24.1 Å². The Morgan fingerprint density at radius 1 is 1.26 bits per heavy atom. The minimum absolute atomic E-state index is 0. The first-order valence-electron chi connectivity index (χ1n) is 8.50. The fourth-order valence-corrected chi connectivity index (χ4v) is 3.47. The number of anilines is 1. The molecule has 0 bridgehead atoms. The predicted molar refractivity (Wildman–Crippen MR) is 113 cm³/mol. The maximum atomic E-state index is 12.4. The highest BCUT2D eigenvalue weighted by atomic mass is 35.5. The number of ether oxygens (including phenoxy) is 1. The monoisotopic (exact) mass is 431 g/mol.